The highest BCUT2D eigenvalue weighted by atomic mass is 35.5. The second-order valence-corrected chi connectivity index (χ2v) is 4.76. The van der Waals surface area contributed by atoms with E-state index in [2.05, 4.69) is 24.5 Å². The molecular weight excluding hydrogens is 263 g/mol. The summed E-state index contributed by atoms with van der Waals surface area (Å²) in [4.78, 5) is 0. The Morgan fingerprint density at radius 1 is 1.38 bits per heavy atom. The maximum Gasteiger partial charge on any atom is 0.170 e. The van der Waals surface area contributed by atoms with E-state index in [1.165, 1.54) is 0 Å². The Bertz CT molecular complexity index is 382. The fourth-order valence-electron chi connectivity index (χ4n) is 1.07. The zero-order valence-corrected chi connectivity index (χ0v) is 11.5. The van der Waals surface area contributed by atoms with Gasteiger partial charge in [0.1, 0.15) is 0 Å². The zero-order valence-electron chi connectivity index (χ0n) is 9.18. The van der Waals surface area contributed by atoms with Crippen LogP contribution >= 0.6 is 35.4 Å². The van der Waals surface area contributed by atoms with Crippen LogP contribution in [0.25, 0.3) is 0 Å². The summed E-state index contributed by atoms with van der Waals surface area (Å²) in [7, 11) is 0. The summed E-state index contributed by atoms with van der Waals surface area (Å²) in [5, 5.41) is 7.85. The largest absolute Gasteiger partial charge is 0.360 e. The van der Waals surface area contributed by atoms with E-state index >= 15 is 0 Å². The predicted octanol–water partition coefficient (Wildman–Crippen LogP) is 4.08. The van der Waals surface area contributed by atoms with Crippen molar-refractivity contribution in [1.82, 2.24) is 5.32 Å². The molecular formula is C11H14Cl2N2S. The van der Waals surface area contributed by atoms with Crippen LogP contribution in [0.15, 0.2) is 18.2 Å². The van der Waals surface area contributed by atoms with E-state index < -0.39 is 0 Å². The third kappa shape index (κ3) is 4.16. The van der Waals surface area contributed by atoms with Gasteiger partial charge in [-0.05, 0) is 43.8 Å². The quantitative estimate of drug-likeness (QED) is 0.814. The summed E-state index contributed by atoms with van der Waals surface area (Å²) in [5.41, 5.74) is 0.829. The number of benzene rings is 1. The van der Waals surface area contributed by atoms with Crippen molar-refractivity contribution in [2.24, 2.45) is 0 Å². The first-order valence-electron chi connectivity index (χ1n) is 5.05. The normalized spacial score (nSPS) is 12.0. The fourth-order valence-corrected chi connectivity index (χ4v) is 1.68. The van der Waals surface area contributed by atoms with Gasteiger partial charge in [0.05, 0.1) is 10.0 Å². The van der Waals surface area contributed by atoms with Crippen LogP contribution in [-0.4, -0.2) is 11.2 Å². The SMILES string of the molecule is CCC(C)NC(=S)Nc1ccc(Cl)c(Cl)c1. The zero-order chi connectivity index (χ0) is 12.1. The van der Waals surface area contributed by atoms with Crippen molar-refractivity contribution in [3.8, 4) is 0 Å². The number of halogens is 2. The topological polar surface area (TPSA) is 24.1 Å². The molecule has 1 rings (SSSR count). The van der Waals surface area contributed by atoms with Gasteiger partial charge in [-0.1, -0.05) is 30.1 Å². The van der Waals surface area contributed by atoms with Gasteiger partial charge in [-0.2, -0.15) is 0 Å². The van der Waals surface area contributed by atoms with E-state index in [1.807, 2.05) is 6.07 Å². The number of thiocarbonyl (C=S) groups is 1. The molecule has 0 bridgehead atoms. The van der Waals surface area contributed by atoms with Crippen LogP contribution in [0.1, 0.15) is 20.3 Å². The van der Waals surface area contributed by atoms with Crippen LogP contribution in [0, 0.1) is 0 Å². The Morgan fingerprint density at radius 3 is 2.62 bits per heavy atom. The van der Waals surface area contributed by atoms with Gasteiger partial charge in [-0.25, -0.2) is 0 Å². The van der Waals surface area contributed by atoms with Crippen molar-refractivity contribution in [2.45, 2.75) is 26.3 Å². The third-order valence-electron chi connectivity index (χ3n) is 2.17. The van der Waals surface area contributed by atoms with Crippen LogP contribution in [-0.2, 0) is 0 Å². The van der Waals surface area contributed by atoms with E-state index in [1.54, 1.807) is 12.1 Å². The summed E-state index contributed by atoms with van der Waals surface area (Å²) >= 11 is 16.9. The van der Waals surface area contributed by atoms with Gasteiger partial charge >= 0.3 is 0 Å². The maximum absolute atomic E-state index is 5.89. The first kappa shape index (κ1) is 13.6. The molecule has 2 N–H and O–H groups in total. The van der Waals surface area contributed by atoms with Crippen molar-refractivity contribution in [3.63, 3.8) is 0 Å². The molecule has 16 heavy (non-hydrogen) atoms. The van der Waals surface area contributed by atoms with Gasteiger partial charge in [0.2, 0.25) is 0 Å². The van der Waals surface area contributed by atoms with E-state index in [4.69, 9.17) is 35.4 Å². The van der Waals surface area contributed by atoms with Crippen LogP contribution in [0.3, 0.4) is 0 Å². The molecule has 1 atom stereocenters. The molecule has 1 aromatic rings. The monoisotopic (exact) mass is 276 g/mol. The lowest BCUT2D eigenvalue weighted by Crippen LogP contribution is -2.35. The molecule has 1 aromatic carbocycles. The average Bonchev–Trinajstić information content (AvgIpc) is 2.23. The molecule has 0 amide bonds. The number of anilines is 1. The fraction of sp³-hybridized carbons (Fsp3) is 0.364. The highest BCUT2D eigenvalue weighted by molar-refractivity contribution is 7.80. The van der Waals surface area contributed by atoms with Gasteiger partial charge < -0.3 is 10.6 Å². The maximum atomic E-state index is 5.89. The highest BCUT2D eigenvalue weighted by Gasteiger charge is 2.03. The molecule has 0 saturated carbocycles. The first-order valence-corrected chi connectivity index (χ1v) is 6.22. The average molecular weight is 277 g/mol. The summed E-state index contributed by atoms with van der Waals surface area (Å²) in [6, 6.07) is 5.66. The molecule has 0 spiro atoms. The van der Waals surface area contributed by atoms with Crippen molar-refractivity contribution >= 4 is 46.2 Å². The summed E-state index contributed by atoms with van der Waals surface area (Å²) in [6.07, 6.45) is 1.02. The van der Waals surface area contributed by atoms with Crippen molar-refractivity contribution in [3.05, 3.63) is 28.2 Å². The van der Waals surface area contributed by atoms with Crippen LogP contribution < -0.4 is 10.6 Å². The van der Waals surface area contributed by atoms with Crippen molar-refractivity contribution in [1.29, 1.82) is 0 Å². The molecule has 0 heterocycles. The molecule has 0 radical (unpaired) electrons. The van der Waals surface area contributed by atoms with Crippen LogP contribution in [0.4, 0.5) is 5.69 Å². The number of hydrogen-bond acceptors (Lipinski definition) is 1. The molecule has 0 fully saturated rings. The second kappa shape index (κ2) is 6.28. The minimum absolute atomic E-state index is 0.350. The Labute approximate surface area is 111 Å². The Balaban J connectivity index is 2.59. The van der Waals surface area contributed by atoms with E-state index in [9.17, 15) is 0 Å². The highest BCUT2D eigenvalue weighted by Crippen LogP contribution is 2.24. The molecule has 0 aromatic heterocycles. The molecule has 2 nitrogen and oxygen atoms in total. The van der Waals surface area contributed by atoms with Gasteiger partial charge in [0.15, 0.2) is 5.11 Å². The molecule has 88 valence electrons. The predicted molar refractivity (Wildman–Crippen MR) is 75.6 cm³/mol. The standard InChI is InChI=1S/C11H14Cl2N2S/c1-3-7(2)14-11(16)15-8-4-5-9(12)10(13)6-8/h4-7H,3H2,1-2H3,(H2,14,15,16). The molecule has 0 saturated heterocycles. The Kier molecular flexibility index (Phi) is 5.32. The van der Waals surface area contributed by atoms with Gasteiger partial charge in [-0.15, -0.1) is 0 Å². The van der Waals surface area contributed by atoms with Crippen LogP contribution in [0.2, 0.25) is 10.0 Å². The van der Waals surface area contributed by atoms with E-state index in [0.717, 1.165) is 12.1 Å². The van der Waals surface area contributed by atoms with E-state index in [0.29, 0.717) is 21.2 Å². The Hall–Kier alpha value is -0.510. The summed E-state index contributed by atoms with van der Waals surface area (Å²) in [5.74, 6) is 0. The smallest absolute Gasteiger partial charge is 0.170 e. The molecule has 0 aliphatic heterocycles. The number of nitrogens with one attached hydrogen (secondary N) is 2. The molecule has 1 unspecified atom stereocenters. The van der Waals surface area contributed by atoms with E-state index in [-0.39, 0.29) is 0 Å². The van der Waals surface area contributed by atoms with Gasteiger partial charge in [-0.3, -0.25) is 0 Å². The minimum Gasteiger partial charge on any atom is -0.360 e. The molecule has 5 heteroatoms. The lowest BCUT2D eigenvalue weighted by molar-refractivity contribution is 0.646. The first-order chi connectivity index (χ1) is 7.52. The van der Waals surface area contributed by atoms with Gasteiger partial charge in [0, 0.05) is 11.7 Å². The third-order valence-corrected chi connectivity index (χ3v) is 3.13. The second-order valence-electron chi connectivity index (χ2n) is 3.54. The molecule has 0 aliphatic rings. The molecule has 0 aliphatic carbocycles. The summed E-state index contributed by atoms with van der Waals surface area (Å²) in [6.45, 7) is 4.17. The van der Waals surface area contributed by atoms with Crippen molar-refractivity contribution in [2.75, 3.05) is 5.32 Å². The van der Waals surface area contributed by atoms with Gasteiger partial charge in [0.25, 0.3) is 0 Å². The van der Waals surface area contributed by atoms with Crippen molar-refractivity contribution < 1.29 is 0 Å². The Morgan fingerprint density at radius 2 is 2.06 bits per heavy atom. The number of hydrogen-bond donors (Lipinski definition) is 2. The lowest BCUT2D eigenvalue weighted by Gasteiger charge is -2.15. The number of rotatable bonds is 3. The lowest BCUT2D eigenvalue weighted by atomic mass is 10.3. The summed E-state index contributed by atoms with van der Waals surface area (Å²) < 4.78 is 0. The van der Waals surface area contributed by atoms with Crippen LogP contribution in [0.5, 0.6) is 0 Å². The minimum atomic E-state index is 0.350.